The zero-order valence-corrected chi connectivity index (χ0v) is 12.4. The van der Waals surface area contributed by atoms with Gasteiger partial charge in [-0.15, -0.1) is 23.4 Å². The van der Waals surface area contributed by atoms with Crippen LogP contribution >= 0.6 is 23.4 Å². The largest absolute Gasteiger partial charge is 0.325 e. The summed E-state index contributed by atoms with van der Waals surface area (Å²) in [5.41, 5.74) is 3.01. The minimum atomic E-state index is -0.0595. The van der Waals surface area contributed by atoms with Crippen LogP contribution in [0, 0.1) is 0 Å². The molecule has 0 saturated heterocycles. The third-order valence-electron chi connectivity index (χ3n) is 3.36. The van der Waals surface area contributed by atoms with Crippen molar-refractivity contribution < 1.29 is 4.79 Å². The predicted octanol–water partition coefficient (Wildman–Crippen LogP) is 4.08. The smallest absolute Gasteiger partial charge is 0.238 e. The van der Waals surface area contributed by atoms with Crippen molar-refractivity contribution in [1.82, 2.24) is 0 Å². The Morgan fingerprint density at radius 1 is 1.20 bits per heavy atom. The molecule has 1 atom stereocenters. The summed E-state index contributed by atoms with van der Waals surface area (Å²) >= 11 is 7.52. The van der Waals surface area contributed by atoms with E-state index in [4.69, 9.17) is 11.6 Å². The summed E-state index contributed by atoms with van der Waals surface area (Å²) < 4.78 is 0. The first-order chi connectivity index (χ1) is 9.78. The third-order valence-corrected chi connectivity index (χ3v) is 4.96. The summed E-state index contributed by atoms with van der Waals surface area (Å²) in [7, 11) is 0. The number of hydrogen-bond acceptors (Lipinski definition) is 2. The molecule has 1 aliphatic heterocycles. The number of anilines is 1. The minimum absolute atomic E-state index is 0.0452. The van der Waals surface area contributed by atoms with Crippen molar-refractivity contribution >= 4 is 35.0 Å². The van der Waals surface area contributed by atoms with Crippen LogP contribution in [0.25, 0.3) is 0 Å². The average molecular weight is 304 g/mol. The molecule has 0 spiro atoms. The van der Waals surface area contributed by atoms with E-state index < -0.39 is 0 Å². The van der Waals surface area contributed by atoms with Crippen LogP contribution < -0.4 is 5.32 Å². The molecule has 1 unspecified atom stereocenters. The molecule has 0 saturated carbocycles. The first-order valence-corrected chi connectivity index (χ1v) is 7.88. The number of amides is 1. The van der Waals surface area contributed by atoms with Gasteiger partial charge in [-0.25, -0.2) is 0 Å². The van der Waals surface area contributed by atoms with Crippen LogP contribution in [-0.2, 0) is 17.1 Å². The molecule has 1 N–H and O–H groups in total. The summed E-state index contributed by atoms with van der Waals surface area (Å²) in [6, 6.07) is 15.8. The van der Waals surface area contributed by atoms with Crippen molar-refractivity contribution in [3.05, 3.63) is 59.7 Å². The maximum Gasteiger partial charge on any atom is 0.238 e. The lowest BCUT2D eigenvalue weighted by atomic mass is 10.1. The first-order valence-electron chi connectivity index (χ1n) is 6.47. The van der Waals surface area contributed by atoms with E-state index in [-0.39, 0.29) is 11.2 Å². The fraction of sp³-hybridized carbons (Fsp3) is 0.188. The van der Waals surface area contributed by atoms with E-state index in [1.54, 1.807) is 11.8 Å². The molecule has 0 radical (unpaired) electrons. The molecule has 3 rings (SSSR count). The number of hydrogen-bond donors (Lipinski definition) is 1. The maximum absolute atomic E-state index is 12.4. The number of rotatable bonds is 3. The van der Waals surface area contributed by atoms with E-state index >= 15 is 0 Å². The molecular weight excluding hydrogens is 290 g/mol. The standard InChI is InChI=1S/C16H14ClNOS/c17-10-12-6-1-3-7-13(12)18-16(19)15-9-11-5-2-4-8-14(11)20-15/h1-8,15H,9-10H2,(H,18,19). The fourth-order valence-electron chi connectivity index (χ4n) is 2.30. The Balaban J connectivity index is 1.72. The number of para-hydroxylation sites is 1. The van der Waals surface area contributed by atoms with Gasteiger partial charge in [-0.2, -0.15) is 0 Å². The number of fused-ring (bicyclic) bond motifs is 1. The number of halogens is 1. The zero-order valence-electron chi connectivity index (χ0n) is 10.8. The summed E-state index contributed by atoms with van der Waals surface area (Å²) in [4.78, 5) is 13.6. The predicted molar refractivity (Wildman–Crippen MR) is 84.4 cm³/mol. The van der Waals surface area contributed by atoms with Gasteiger partial charge in [0.15, 0.2) is 0 Å². The van der Waals surface area contributed by atoms with Crippen LogP contribution in [0.15, 0.2) is 53.4 Å². The van der Waals surface area contributed by atoms with Gasteiger partial charge in [0, 0.05) is 16.5 Å². The van der Waals surface area contributed by atoms with Gasteiger partial charge >= 0.3 is 0 Å². The van der Waals surface area contributed by atoms with Crippen molar-refractivity contribution in [3.8, 4) is 0 Å². The summed E-state index contributed by atoms with van der Waals surface area (Å²) in [5, 5.41) is 2.93. The van der Waals surface area contributed by atoms with Crippen molar-refractivity contribution in [2.24, 2.45) is 0 Å². The van der Waals surface area contributed by atoms with Gasteiger partial charge in [0.25, 0.3) is 0 Å². The van der Waals surface area contributed by atoms with Gasteiger partial charge < -0.3 is 5.32 Å². The van der Waals surface area contributed by atoms with Crippen molar-refractivity contribution in [2.45, 2.75) is 22.4 Å². The van der Waals surface area contributed by atoms with E-state index in [2.05, 4.69) is 17.4 Å². The van der Waals surface area contributed by atoms with E-state index in [1.165, 1.54) is 10.5 Å². The summed E-state index contributed by atoms with van der Waals surface area (Å²) in [6.45, 7) is 0. The topological polar surface area (TPSA) is 29.1 Å². The summed E-state index contributed by atoms with van der Waals surface area (Å²) in [6.07, 6.45) is 0.787. The number of carbonyl (C=O) groups excluding carboxylic acids is 1. The highest BCUT2D eigenvalue weighted by Gasteiger charge is 2.28. The first kappa shape index (κ1) is 13.5. The Bertz CT molecular complexity index is 619. The minimum Gasteiger partial charge on any atom is -0.325 e. The quantitative estimate of drug-likeness (QED) is 0.866. The van der Waals surface area contributed by atoms with Crippen LogP contribution in [0.5, 0.6) is 0 Å². The molecule has 0 aromatic heterocycles. The molecule has 20 heavy (non-hydrogen) atoms. The highest BCUT2D eigenvalue weighted by molar-refractivity contribution is 8.01. The zero-order chi connectivity index (χ0) is 13.9. The van der Waals surface area contributed by atoms with Gasteiger partial charge in [0.1, 0.15) is 0 Å². The van der Waals surface area contributed by atoms with Crippen molar-refractivity contribution in [2.75, 3.05) is 5.32 Å². The molecule has 1 aliphatic rings. The second-order valence-corrected chi connectivity index (χ2v) is 6.21. The second kappa shape index (κ2) is 5.90. The highest BCUT2D eigenvalue weighted by Crippen LogP contribution is 2.37. The van der Waals surface area contributed by atoms with Gasteiger partial charge in [-0.3, -0.25) is 4.79 Å². The van der Waals surface area contributed by atoms with Crippen molar-refractivity contribution in [1.29, 1.82) is 0 Å². The molecule has 0 bridgehead atoms. The normalized spacial score (nSPS) is 16.8. The lowest BCUT2D eigenvalue weighted by Crippen LogP contribution is -2.25. The molecule has 102 valence electrons. The lowest BCUT2D eigenvalue weighted by molar-refractivity contribution is -0.115. The van der Waals surface area contributed by atoms with E-state index in [0.717, 1.165) is 17.7 Å². The van der Waals surface area contributed by atoms with E-state index in [9.17, 15) is 4.79 Å². The molecule has 1 heterocycles. The fourth-order valence-corrected chi connectivity index (χ4v) is 3.73. The lowest BCUT2D eigenvalue weighted by Gasteiger charge is -2.12. The number of carbonyl (C=O) groups is 1. The number of alkyl halides is 1. The maximum atomic E-state index is 12.4. The van der Waals surface area contributed by atoms with E-state index in [1.807, 2.05) is 36.4 Å². The Morgan fingerprint density at radius 3 is 2.75 bits per heavy atom. The van der Waals surface area contributed by atoms with Crippen LogP contribution in [-0.4, -0.2) is 11.2 Å². The Kier molecular flexibility index (Phi) is 3.99. The monoisotopic (exact) mass is 303 g/mol. The van der Waals surface area contributed by atoms with Crippen LogP contribution in [0.2, 0.25) is 0 Å². The van der Waals surface area contributed by atoms with Gasteiger partial charge in [-0.05, 0) is 29.7 Å². The number of nitrogens with one attached hydrogen (secondary N) is 1. The van der Waals surface area contributed by atoms with Gasteiger partial charge in [0.2, 0.25) is 5.91 Å². The van der Waals surface area contributed by atoms with E-state index in [0.29, 0.717) is 5.88 Å². The van der Waals surface area contributed by atoms with Crippen LogP contribution in [0.1, 0.15) is 11.1 Å². The second-order valence-electron chi connectivity index (χ2n) is 4.70. The molecule has 0 fully saturated rings. The molecule has 0 aliphatic carbocycles. The Labute approximate surface area is 127 Å². The van der Waals surface area contributed by atoms with Gasteiger partial charge in [0.05, 0.1) is 5.25 Å². The molecule has 4 heteroatoms. The summed E-state index contributed by atoms with van der Waals surface area (Å²) in [5.74, 6) is 0.442. The van der Waals surface area contributed by atoms with Crippen LogP contribution in [0.4, 0.5) is 5.69 Å². The Hall–Kier alpha value is -1.45. The average Bonchev–Trinajstić information content (AvgIpc) is 2.92. The molecule has 2 aromatic carbocycles. The third kappa shape index (κ3) is 2.69. The SMILES string of the molecule is O=C(Nc1ccccc1CCl)C1Cc2ccccc2S1. The highest BCUT2D eigenvalue weighted by atomic mass is 35.5. The molecular formula is C16H14ClNOS. The van der Waals surface area contributed by atoms with Crippen LogP contribution in [0.3, 0.4) is 0 Å². The molecule has 1 amide bonds. The number of thioether (sulfide) groups is 1. The number of benzene rings is 2. The molecule has 2 nitrogen and oxygen atoms in total. The molecule has 2 aromatic rings. The Morgan fingerprint density at radius 2 is 1.95 bits per heavy atom. The van der Waals surface area contributed by atoms with Crippen molar-refractivity contribution in [3.63, 3.8) is 0 Å². The van der Waals surface area contributed by atoms with Gasteiger partial charge in [-0.1, -0.05) is 36.4 Å².